The number of nitrogens with one attached hydrogen (secondary N) is 1. The van der Waals surface area contributed by atoms with Crippen LogP contribution in [0, 0.1) is 0 Å². The first-order chi connectivity index (χ1) is 13.0. The van der Waals surface area contributed by atoms with Gasteiger partial charge in [0.25, 0.3) is 0 Å². The van der Waals surface area contributed by atoms with Gasteiger partial charge < -0.3 is 15.8 Å². The highest BCUT2D eigenvalue weighted by atomic mass is 32.2. The van der Waals surface area contributed by atoms with E-state index in [1.54, 1.807) is 11.5 Å². The molecule has 0 aliphatic rings. The van der Waals surface area contributed by atoms with Crippen LogP contribution in [0.1, 0.15) is 38.8 Å². The Hall–Kier alpha value is -2.55. The van der Waals surface area contributed by atoms with Gasteiger partial charge in [0.15, 0.2) is 5.16 Å². The SMILES string of the molecule is CCOC(=O)CSc1nnc(N)n1C(CC)C(=O)Nc1ccccc1CC. The molecule has 3 N–H and O–H groups in total. The molecule has 1 atom stereocenters. The summed E-state index contributed by atoms with van der Waals surface area (Å²) in [6.45, 7) is 5.97. The number of carbonyl (C=O) groups is 2. The number of rotatable bonds is 9. The predicted molar refractivity (Wildman–Crippen MR) is 106 cm³/mol. The quantitative estimate of drug-likeness (QED) is 0.499. The van der Waals surface area contributed by atoms with E-state index >= 15 is 0 Å². The second-order valence-corrected chi connectivity index (χ2v) is 6.67. The molecule has 0 radical (unpaired) electrons. The van der Waals surface area contributed by atoms with Crippen LogP contribution < -0.4 is 11.1 Å². The molecule has 1 aromatic heterocycles. The lowest BCUT2D eigenvalue weighted by atomic mass is 10.1. The van der Waals surface area contributed by atoms with Crippen LogP contribution in [-0.4, -0.2) is 39.0 Å². The molecule has 0 bridgehead atoms. The van der Waals surface area contributed by atoms with Gasteiger partial charge in [0.05, 0.1) is 12.4 Å². The summed E-state index contributed by atoms with van der Waals surface area (Å²) in [5, 5.41) is 11.3. The van der Waals surface area contributed by atoms with Crippen molar-refractivity contribution < 1.29 is 14.3 Å². The number of carbonyl (C=O) groups excluding carboxylic acids is 2. The van der Waals surface area contributed by atoms with Gasteiger partial charge in [-0.2, -0.15) is 0 Å². The Balaban J connectivity index is 2.20. The molecule has 27 heavy (non-hydrogen) atoms. The number of thioether (sulfide) groups is 1. The Morgan fingerprint density at radius 1 is 1.26 bits per heavy atom. The maximum Gasteiger partial charge on any atom is 0.316 e. The number of nitrogens with two attached hydrogens (primary N) is 1. The minimum Gasteiger partial charge on any atom is -0.465 e. The smallest absolute Gasteiger partial charge is 0.316 e. The van der Waals surface area contributed by atoms with Crippen molar-refractivity contribution in [2.45, 2.75) is 44.8 Å². The van der Waals surface area contributed by atoms with Crippen molar-refractivity contribution in [3.05, 3.63) is 29.8 Å². The highest BCUT2D eigenvalue weighted by molar-refractivity contribution is 7.99. The third-order valence-electron chi connectivity index (χ3n) is 3.97. The molecule has 0 aliphatic heterocycles. The average Bonchev–Trinajstić information content (AvgIpc) is 3.02. The van der Waals surface area contributed by atoms with Crippen LogP contribution >= 0.6 is 11.8 Å². The Labute approximate surface area is 162 Å². The summed E-state index contributed by atoms with van der Waals surface area (Å²) in [5.74, 6) is -0.358. The summed E-state index contributed by atoms with van der Waals surface area (Å²) in [6, 6.07) is 7.08. The van der Waals surface area contributed by atoms with Gasteiger partial charge in [-0.15, -0.1) is 10.2 Å². The highest BCUT2D eigenvalue weighted by Crippen LogP contribution is 2.27. The molecule has 0 saturated carbocycles. The van der Waals surface area contributed by atoms with Crippen molar-refractivity contribution in [1.29, 1.82) is 0 Å². The third-order valence-corrected chi connectivity index (χ3v) is 4.89. The fourth-order valence-corrected chi connectivity index (χ4v) is 3.45. The summed E-state index contributed by atoms with van der Waals surface area (Å²) in [5.41, 5.74) is 7.77. The van der Waals surface area contributed by atoms with E-state index in [1.165, 1.54) is 0 Å². The predicted octanol–water partition coefficient (Wildman–Crippen LogP) is 2.67. The second-order valence-electron chi connectivity index (χ2n) is 5.73. The topological polar surface area (TPSA) is 112 Å². The van der Waals surface area contributed by atoms with Crippen LogP contribution in [0.4, 0.5) is 11.6 Å². The molecule has 1 amide bonds. The number of para-hydroxylation sites is 1. The summed E-state index contributed by atoms with van der Waals surface area (Å²) in [7, 11) is 0. The average molecular weight is 391 g/mol. The molecular weight excluding hydrogens is 366 g/mol. The zero-order chi connectivity index (χ0) is 19.8. The number of amides is 1. The first-order valence-electron chi connectivity index (χ1n) is 8.89. The molecule has 146 valence electrons. The monoisotopic (exact) mass is 391 g/mol. The van der Waals surface area contributed by atoms with Crippen LogP contribution in [0.5, 0.6) is 0 Å². The molecule has 0 aliphatic carbocycles. The van der Waals surface area contributed by atoms with Gasteiger partial charge in [0, 0.05) is 5.69 Å². The number of anilines is 2. The first kappa shape index (κ1) is 20.8. The molecule has 1 heterocycles. The Morgan fingerprint density at radius 2 is 2.00 bits per heavy atom. The van der Waals surface area contributed by atoms with E-state index in [9.17, 15) is 9.59 Å². The molecule has 0 spiro atoms. The number of aromatic nitrogens is 3. The lowest BCUT2D eigenvalue weighted by Gasteiger charge is -2.20. The van der Waals surface area contributed by atoms with Crippen LogP contribution in [-0.2, 0) is 20.7 Å². The largest absolute Gasteiger partial charge is 0.465 e. The van der Waals surface area contributed by atoms with E-state index in [4.69, 9.17) is 10.5 Å². The van der Waals surface area contributed by atoms with Crippen LogP contribution in [0.3, 0.4) is 0 Å². The van der Waals surface area contributed by atoms with E-state index in [1.807, 2.05) is 38.1 Å². The van der Waals surface area contributed by atoms with E-state index in [0.717, 1.165) is 29.4 Å². The van der Waals surface area contributed by atoms with Crippen molar-refractivity contribution in [3.63, 3.8) is 0 Å². The van der Waals surface area contributed by atoms with Crippen molar-refractivity contribution in [3.8, 4) is 0 Å². The normalized spacial score (nSPS) is 11.8. The maximum atomic E-state index is 12.9. The Morgan fingerprint density at radius 3 is 2.67 bits per heavy atom. The Kier molecular flexibility index (Phi) is 7.66. The van der Waals surface area contributed by atoms with Crippen LogP contribution in [0.15, 0.2) is 29.4 Å². The van der Waals surface area contributed by atoms with Crippen molar-refractivity contribution in [2.24, 2.45) is 0 Å². The fraction of sp³-hybridized carbons (Fsp3) is 0.444. The molecule has 8 nitrogen and oxygen atoms in total. The number of esters is 1. The van der Waals surface area contributed by atoms with E-state index in [0.29, 0.717) is 18.2 Å². The second kappa shape index (κ2) is 9.96. The molecule has 1 aromatic carbocycles. The summed E-state index contributed by atoms with van der Waals surface area (Å²) >= 11 is 1.15. The molecular formula is C18H25N5O3S. The standard InChI is InChI=1S/C18H25N5O3S/c1-4-12-9-7-8-10-13(12)20-16(25)14(5-2)23-17(19)21-22-18(23)27-11-15(24)26-6-3/h7-10,14H,4-6,11H2,1-3H3,(H2,19,21)(H,20,25). The van der Waals surface area contributed by atoms with Crippen LogP contribution in [0.25, 0.3) is 0 Å². The lowest BCUT2D eigenvalue weighted by molar-refractivity contribution is -0.139. The highest BCUT2D eigenvalue weighted by Gasteiger charge is 2.25. The minimum absolute atomic E-state index is 0.0721. The molecule has 0 fully saturated rings. The van der Waals surface area contributed by atoms with Gasteiger partial charge in [0.2, 0.25) is 11.9 Å². The summed E-state index contributed by atoms with van der Waals surface area (Å²) < 4.78 is 6.48. The first-order valence-corrected chi connectivity index (χ1v) is 9.87. The van der Waals surface area contributed by atoms with Gasteiger partial charge >= 0.3 is 5.97 Å². The van der Waals surface area contributed by atoms with Gasteiger partial charge in [-0.1, -0.05) is 43.8 Å². The number of hydrogen-bond donors (Lipinski definition) is 2. The minimum atomic E-state index is -0.588. The van der Waals surface area contributed by atoms with Gasteiger partial charge in [-0.05, 0) is 31.4 Å². The maximum absolute atomic E-state index is 12.9. The van der Waals surface area contributed by atoms with Gasteiger partial charge in [-0.3, -0.25) is 14.2 Å². The number of hydrogen-bond acceptors (Lipinski definition) is 7. The third kappa shape index (κ3) is 5.22. The zero-order valence-corrected chi connectivity index (χ0v) is 16.6. The zero-order valence-electron chi connectivity index (χ0n) is 15.8. The number of nitrogens with zero attached hydrogens (tertiary/aromatic N) is 3. The molecule has 1 unspecified atom stereocenters. The van der Waals surface area contributed by atoms with E-state index in [-0.39, 0.29) is 23.6 Å². The van der Waals surface area contributed by atoms with Crippen molar-refractivity contribution >= 4 is 35.3 Å². The molecule has 9 heteroatoms. The number of ether oxygens (including phenoxy) is 1. The molecule has 2 rings (SSSR count). The summed E-state index contributed by atoms with van der Waals surface area (Å²) in [4.78, 5) is 24.5. The molecule has 0 saturated heterocycles. The lowest BCUT2D eigenvalue weighted by Crippen LogP contribution is -2.27. The number of aryl methyl sites for hydroxylation is 1. The van der Waals surface area contributed by atoms with Crippen molar-refractivity contribution in [2.75, 3.05) is 23.4 Å². The summed E-state index contributed by atoms with van der Waals surface area (Å²) in [6.07, 6.45) is 1.30. The van der Waals surface area contributed by atoms with E-state index < -0.39 is 6.04 Å². The Bertz CT molecular complexity index is 793. The fourth-order valence-electron chi connectivity index (χ4n) is 2.66. The van der Waals surface area contributed by atoms with E-state index in [2.05, 4.69) is 15.5 Å². The number of nitrogen functional groups attached to an aromatic ring is 1. The number of benzene rings is 1. The molecule has 2 aromatic rings. The van der Waals surface area contributed by atoms with Gasteiger partial charge in [-0.25, -0.2) is 0 Å². The van der Waals surface area contributed by atoms with Crippen LogP contribution in [0.2, 0.25) is 0 Å². The van der Waals surface area contributed by atoms with Crippen molar-refractivity contribution in [1.82, 2.24) is 14.8 Å². The van der Waals surface area contributed by atoms with Gasteiger partial charge in [0.1, 0.15) is 6.04 Å².